The van der Waals surface area contributed by atoms with Crippen LogP contribution in [0.15, 0.2) is 24.3 Å². The van der Waals surface area contributed by atoms with E-state index in [1.807, 2.05) is 12.1 Å². The molecular formula is C13H22N2O2S. The first-order valence-corrected chi connectivity index (χ1v) is 7.81. The molecule has 0 fully saturated rings. The Bertz CT molecular complexity index is 487. The van der Waals surface area contributed by atoms with Crippen molar-refractivity contribution in [3.05, 3.63) is 24.3 Å². The second-order valence-corrected chi connectivity index (χ2v) is 7.43. The predicted molar refractivity (Wildman–Crippen MR) is 77.4 cm³/mol. The van der Waals surface area contributed by atoms with E-state index in [-0.39, 0.29) is 5.41 Å². The van der Waals surface area contributed by atoms with Gasteiger partial charge in [0.1, 0.15) is 0 Å². The molecule has 18 heavy (non-hydrogen) atoms. The third-order valence-electron chi connectivity index (χ3n) is 2.87. The first kappa shape index (κ1) is 14.8. The Kier molecular flexibility index (Phi) is 4.27. The molecule has 1 rings (SSSR count). The summed E-state index contributed by atoms with van der Waals surface area (Å²) < 4.78 is 24.6. The van der Waals surface area contributed by atoms with Crippen molar-refractivity contribution in [1.29, 1.82) is 0 Å². The Morgan fingerprint density at radius 3 is 1.89 bits per heavy atom. The largest absolute Gasteiger partial charge is 0.382 e. The molecule has 1 aromatic rings. The van der Waals surface area contributed by atoms with E-state index < -0.39 is 10.0 Å². The first-order valence-electron chi connectivity index (χ1n) is 5.92. The third kappa shape index (κ3) is 4.96. The summed E-state index contributed by atoms with van der Waals surface area (Å²) in [5.74, 6) is 0. The number of anilines is 2. The van der Waals surface area contributed by atoms with Crippen LogP contribution in [-0.2, 0) is 10.0 Å². The van der Waals surface area contributed by atoms with Gasteiger partial charge in [-0.3, -0.25) is 4.72 Å². The fraction of sp³-hybridized carbons (Fsp3) is 0.538. The second-order valence-electron chi connectivity index (χ2n) is 5.68. The lowest BCUT2D eigenvalue weighted by atomic mass is 9.88. The van der Waals surface area contributed by atoms with Crippen molar-refractivity contribution in [2.75, 3.05) is 16.3 Å². The molecule has 0 amide bonds. The molecule has 0 unspecified atom stereocenters. The highest BCUT2D eigenvalue weighted by Crippen LogP contribution is 2.23. The smallest absolute Gasteiger partial charge is 0.229 e. The van der Waals surface area contributed by atoms with E-state index in [2.05, 4.69) is 37.7 Å². The van der Waals surface area contributed by atoms with E-state index >= 15 is 0 Å². The van der Waals surface area contributed by atoms with Crippen molar-refractivity contribution in [3.8, 4) is 0 Å². The highest BCUT2D eigenvalue weighted by atomic mass is 32.2. The fourth-order valence-corrected chi connectivity index (χ4v) is 1.88. The molecule has 102 valence electrons. The summed E-state index contributed by atoms with van der Waals surface area (Å²) in [6.45, 7) is 8.64. The highest BCUT2D eigenvalue weighted by Gasteiger charge is 2.19. The summed E-state index contributed by atoms with van der Waals surface area (Å²) in [4.78, 5) is 0. The highest BCUT2D eigenvalue weighted by molar-refractivity contribution is 7.92. The molecule has 1 atom stereocenters. The van der Waals surface area contributed by atoms with Crippen molar-refractivity contribution < 1.29 is 8.42 Å². The average molecular weight is 270 g/mol. The molecule has 0 aliphatic heterocycles. The van der Waals surface area contributed by atoms with Crippen LogP contribution >= 0.6 is 0 Å². The predicted octanol–water partition coefficient (Wildman–Crippen LogP) is 2.90. The van der Waals surface area contributed by atoms with Gasteiger partial charge in [0, 0.05) is 17.4 Å². The Morgan fingerprint density at radius 2 is 1.50 bits per heavy atom. The molecule has 0 aliphatic rings. The number of rotatable bonds is 4. The van der Waals surface area contributed by atoms with Gasteiger partial charge in [0.2, 0.25) is 10.0 Å². The zero-order valence-corrected chi connectivity index (χ0v) is 12.4. The zero-order chi connectivity index (χ0) is 14.0. The van der Waals surface area contributed by atoms with Crippen molar-refractivity contribution in [2.24, 2.45) is 5.41 Å². The van der Waals surface area contributed by atoms with E-state index in [4.69, 9.17) is 0 Å². The van der Waals surface area contributed by atoms with Crippen molar-refractivity contribution in [3.63, 3.8) is 0 Å². The molecule has 0 bridgehead atoms. The number of sulfonamides is 1. The molecule has 2 N–H and O–H groups in total. The minimum absolute atomic E-state index is 0.170. The molecule has 0 aromatic heterocycles. The molecule has 0 saturated heterocycles. The van der Waals surface area contributed by atoms with Gasteiger partial charge in [-0.2, -0.15) is 0 Å². The topological polar surface area (TPSA) is 58.2 Å². The molecule has 1 aromatic carbocycles. The van der Waals surface area contributed by atoms with E-state index in [0.717, 1.165) is 11.9 Å². The minimum Gasteiger partial charge on any atom is -0.382 e. The van der Waals surface area contributed by atoms with E-state index in [1.165, 1.54) is 0 Å². The summed E-state index contributed by atoms with van der Waals surface area (Å²) in [5.41, 5.74) is 1.73. The molecule has 5 heteroatoms. The maximum Gasteiger partial charge on any atom is 0.229 e. The second kappa shape index (κ2) is 5.18. The lowest BCUT2D eigenvalue weighted by molar-refractivity contribution is 0.359. The van der Waals surface area contributed by atoms with E-state index in [0.29, 0.717) is 11.7 Å². The van der Waals surface area contributed by atoms with Gasteiger partial charge in [-0.15, -0.1) is 0 Å². The molecule has 0 saturated carbocycles. The lowest BCUT2D eigenvalue weighted by Gasteiger charge is -2.29. The van der Waals surface area contributed by atoms with Crippen molar-refractivity contribution in [2.45, 2.75) is 33.7 Å². The number of nitrogens with one attached hydrogen (secondary N) is 2. The standard InChI is InChI=1S/C13H22N2O2S/c1-10(13(2,3)4)14-11-6-8-12(9-7-11)15-18(5,16)17/h6-10,14-15H,1-5H3/t10-/m0/s1. The van der Waals surface area contributed by atoms with Crippen molar-refractivity contribution in [1.82, 2.24) is 0 Å². The number of hydrogen-bond acceptors (Lipinski definition) is 3. The Hall–Kier alpha value is -1.23. The summed E-state index contributed by atoms with van der Waals surface area (Å²) in [6, 6.07) is 7.56. The normalized spacial score (nSPS) is 14.1. The molecule has 4 nitrogen and oxygen atoms in total. The van der Waals surface area contributed by atoms with Gasteiger partial charge in [0.25, 0.3) is 0 Å². The van der Waals surface area contributed by atoms with Gasteiger partial charge in [-0.1, -0.05) is 20.8 Å². The molecule has 0 heterocycles. The maximum atomic E-state index is 11.1. The molecule has 0 aliphatic carbocycles. The Balaban J connectivity index is 2.72. The van der Waals surface area contributed by atoms with Gasteiger partial charge in [-0.25, -0.2) is 8.42 Å². The molecule has 0 radical (unpaired) electrons. The van der Waals surface area contributed by atoms with E-state index in [1.54, 1.807) is 12.1 Å². The zero-order valence-electron chi connectivity index (χ0n) is 11.6. The molecular weight excluding hydrogens is 248 g/mol. The summed E-state index contributed by atoms with van der Waals surface area (Å²) in [7, 11) is -3.21. The van der Waals surface area contributed by atoms with Crippen LogP contribution in [0.25, 0.3) is 0 Å². The van der Waals surface area contributed by atoms with Crippen molar-refractivity contribution >= 4 is 21.4 Å². The van der Waals surface area contributed by atoms with Crippen LogP contribution in [0.4, 0.5) is 11.4 Å². The fourth-order valence-electron chi connectivity index (χ4n) is 1.32. The van der Waals surface area contributed by atoms with Gasteiger partial charge in [-0.05, 0) is 36.6 Å². The summed E-state index contributed by atoms with van der Waals surface area (Å²) in [6.07, 6.45) is 1.14. The number of benzene rings is 1. The van der Waals surface area contributed by atoms with E-state index in [9.17, 15) is 8.42 Å². The minimum atomic E-state index is -3.21. The third-order valence-corrected chi connectivity index (χ3v) is 3.48. The van der Waals surface area contributed by atoms with Gasteiger partial charge in [0.05, 0.1) is 6.26 Å². The Morgan fingerprint density at radius 1 is 1.06 bits per heavy atom. The van der Waals surface area contributed by atoms with Crippen LogP contribution in [0.2, 0.25) is 0 Å². The van der Waals surface area contributed by atoms with Crippen LogP contribution in [-0.4, -0.2) is 20.7 Å². The lowest BCUT2D eigenvalue weighted by Crippen LogP contribution is -2.30. The van der Waals surface area contributed by atoms with Crippen LogP contribution < -0.4 is 10.0 Å². The SMILES string of the molecule is C[C@H](Nc1ccc(NS(C)(=O)=O)cc1)C(C)(C)C. The summed E-state index contributed by atoms with van der Waals surface area (Å²) in [5, 5.41) is 3.39. The maximum absolute atomic E-state index is 11.1. The van der Waals surface area contributed by atoms with Crippen LogP contribution in [0.3, 0.4) is 0 Å². The summed E-state index contributed by atoms with van der Waals surface area (Å²) >= 11 is 0. The first-order chi connectivity index (χ1) is 8.08. The van der Waals surface area contributed by atoms with Gasteiger partial charge in [0.15, 0.2) is 0 Å². The van der Waals surface area contributed by atoms with Gasteiger partial charge < -0.3 is 5.32 Å². The quantitative estimate of drug-likeness (QED) is 0.884. The Labute approximate surface area is 110 Å². The van der Waals surface area contributed by atoms with Crippen LogP contribution in [0.5, 0.6) is 0 Å². The van der Waals surface area contributed by atoms with Gasteiger partial charge >= 0.3 is 0 Å². The number of hydrogen-bond donors (Lipinski definition) is 2. The van der Waals surface area contributed by atoms with Crippen LogP contribution in [0.1, 0.15) is 27.7 Å². The molecule has 0 spiro atoms. The monoisotopic (exact) mass is 270 g/mol. The van der Waals surface area contributed by atoms with Crippen LogP contribution in [0, 0.1) is 5.41 Å². The average Bonchev–Trinajstić information content (AvgIpc) is 2.17.